The summed E-state index contributed by atoms with van der Waals surface area (Å²) in [5.41, 5.74) is 2.81. The Morgan fingerprint density at radius 2 is 1.86 bits per heavy atom. The maximum atomic E-state index is 12.7. The van der Waals surface area contributed by atoms with E-state index in [1.165, 1.54) is 0 Å². The Kier molecular flexibility index (Phi) is 2.46. The number of halogens is 4. The third-order valence-corrected chi connectivity index (χ3v) is 1.56. The molecule has 1 aromatic rings. The Balaban J connectivity index is 3.27. The van der Waals surface area contributed by atoms with Crippen LogP contribution in [0.15, 0.2) is 18.2 Å². The largest absolute Gasteiger partial charge is 0.416 e. The fraction of sp³-hybridized carbons (Fsp3) is 0.125. The van der Waals surface area contributed by atoms with Crippen LogP contribution in [-0.2, 0) is 6.18 Å². The van der Waals surface area contributed by atoms with Gasteiger partial charge in [0.2, 0.25) is 0 Å². The van der Waals surface area contributed by atoms with Crippen molar-refractivity contribution < 1.29 is 22.4 Å². The molecule has 0 aliphatic heterocycles. The molecule has 1 amide bonds. The quantitative estimate of drug-likeness (QED) is 0.702. The fourth-order valence-electron chi connectivity index (χ4n) is 0.890. The van der Waals surface area contributed by atoms with Gasteiger partial charge in [-0.15, -0.1) is 0 Å². The van der Waals surface area contributed by atoms with Crippen molar-refractivity contribution >= 4 is 5.91 Å². The average Bonchev–Trinajstić information content (AvgIpc) is 2.02. The highest BCUT2D eigenvalue weighted by Gasteiger charge is 2.31. The van der Waals surface area contributed by atoms with Gasteiger partial charge in [-0.2, -0.15) is 13.2 Å². The number of nitrogens with two attached hydrogens (primary N) is 1. The fourth-order valence-corrected chi connectivity index (χ4v) is 0.890. The molecule has 2 N–H and O–H groups in total. The Bertz CT molecular complexity index is 372. The Morgan fingerprint density at radius 3 is 2.29 bits per heavy atom. The van der Waals surface area contributed by atoms with Gasteiger partial charge in [0.25, 0.3) is 5.91 Å². The molecule has 0 bridgehead atoms. The normalized spacial score (nSPS) is 11.4. The third-order valence-electron chi connectivity index (χ3n) is 1.56. The predicted octanol–water partition coefficient (Wildman–Crippen LogP) is 1.94. The average molecular weight is 207 g/mol. The molecule has 0 spiro atoms. The van der Waals surface area contributed by atoms with Crippen molar-refractivity contribution in [3.05, 3.63) is 35.1 Å². The van der Waals surface area contributed by atoms with Crippen LogP contribution >= 0.6 is 0 Å². The highest BCUT2D eigenvalue weighted by atomic mass is 19.4. The van der Waals surface area contributed by atoms with E-state index < -0.39 is 29.0 Å². The van der Waals surface area contributed by atoms with Gasteiger partial charge in [-0.05, 0) is 18.2 Å². The smallest absolute Gasteiger partial charge is 0.366 e. The third kappa shape index (κ3) is 2.01. The van der Waals surface area contributed by atoms with Crippen molar-refractivity contribution in [2.45, 2.75) is 6.18 Å². The topological polar surface area (TPSA) is 43.1 Å². The van der Waals surface area contributed by atoms with Gasteiger partial charge in [0.15, 0.2) is 0 Å². The van der Waals surface area contributed by atoms with E-state index in [-0.39, 0.29) is 0 Å². The lowest BCUT2D eigenvalue weighted by Gasteiger charge is -2.07. The molecule has 14 heavy (non-hydrogen) atoms. The summed E-state index contributed by atoms with van der Waals surface area (Å²) in [5.74, 6) is -2.29. The molecule has 0 aromatic heterocycles. The van der Waals surface area contributed by atoms with Crippen LogP contribution in [0.1, 0.15) is 15.9 Å². The summed E-state index contributed by atoms with van der Waals surface area (Å²) in [7, 11) is 0. The van der Waals surface area contributed by atoms with E-state index in [9.17, 15) is 22.4 Å². The lowest BCUT2D eigenvalue weighted by molar-refractivity contribution is -0.137. The molecule has 0 fully saturated rings. The van der Waals surface area contributed by atoms with Gasteiger partial charge in [0.1, 0.15) is 5.82 Å². The molecule has 1 rings (SSSR count). The van der Waals surface area contributed by atoms with E-state index in [1.807, 2.05) is 0 Å². The highest BCUT2D eigenvalue weighted by molar-refractivity contribution is 5.93. The molecule has 0 radical (unpaired) electrons. The van der Waals surface area contributed by atoms with Gasteiger partial charge in [-0.3, -0.25) is 4.79 Å². The van der Waals surface area contributed by atoms with E-state index in [4.69, 9.17) is 0 Å². The number of carbonyl (C=O) groups excluding carboxylic acids is 1. The molecule has 2 nitrogen and oxygen atoms in total. The first kappa shape index (κ1) is 10.5. The number of amides is 1. The van der Waals surface area contributed by atoms with Crippen LogP contribution < -0.4 is 5.73 Å². The Hall–Kier alpha value is -1.59. The molecule has 1 aromatic carbocycles. The van der Waals surface area contributed by atoms with Crippen LogP contribution in [0.5, 0.6) is 0 Å². The second-order valence-electron chi connectivity index (χ2n) is 2.56. The second-order valence-corrected chi connectivity index (χ2v) is 2.56. The number of hydrogen-bond donors (Lipinski definition) is 1. The van der Waals surface area contributed by atoms with Gasteiger partial charge in [-0.1, -0.05) is 0 Å². The lowest BCUT2D eigenvalue weighted by atomic mass is 10.1. The van der Waals surface area contributed by atoms with E-state index >= 15 is 0 Å². The lowest BCUT2D eigenvalue weighted by Crippen LogP contribution is -2.15. The molecule has 0 saturated heterocycles. The van der Waals surface area contributed by atoms with Crippen molar-refractivity contribution in [2.24, 2.45) is 5.73 Å². The van der Waals surface area contributed by atoms with Crippen molar-refractivity contribution in [1.29, 1.82) is 0 Å². The minimum absolute atomic E-state index is 0.387. The van der Waals surface area contributed by atoms with Crippen molar-refractivity contribution in [1.82, 2.24) is 0 Å². The first-order valence-corrected chi connectivity index (χ1v) is 3.49. The zero-order valence-corrected chi connectivity index (χ0v) is 6.73. The van der Waals surface area contributed by atoms with Crippen LogP contribution in [0.4, 0.5) is 17.6 Å². The second kappa shape index (κ2) is 3.28. The van der Waals surface area contributed by atoms with E-state index in [2.05, 4.69) is 5.73 Å². The summed E-state index contributed by atoms with van der Waals surface area (Å²) >= 11 is 0. The van der Waals surface area contributed by atoms with Crippen LogP contribution in [0, 0.1) is 5.82 Å². The highest BCUT2D eigenvalue weighted by Crippen LogP contribution is 2.30. The summed E-state index contributed by atoms with van der Waals surface area (Å²) in [5, 5.41) is 0. The summed E-state index contributed by atoms with van der Waals surface area (Å²) in [6.07, 6.45) is -4.61. The summed E-state index contributed by atoms with van der Waals surface area (Å²) < 4.78 is 49.0. The molecular weight excluding hydrogens is 202 g/mol. The van der Waals surface area contributed by atoms with Crippen molar-refractivity contribution in [3.63, 3.8) is 0 Å². The first-order valence-electron chi connectivity index (χ1n) is 3.49. The van der Waals surface area contributed by atoms with Gasteiger partial charge in [0, 0.05) is 0 Å². The molecule has 0 aliphatic carbocycles. The van der Waals surface area contributed by atoms with Gasteiger partial charge < -0.3 is 5.73 Å². The van der Waals surface area contributed by atoms with E-state index in [0.29, 0.717) is 18.2 Å². The minimum Gasteiger partial charge on any atom is -0.366 e. The first-order chi connectivity index (χ1) is 6.32. The number of hydrogen-bond acceptors (Lipinski definition) is 1. The van der Waals surface area contributed by atoms with Gasteiger partial charge in [0.05, 0.1) is 11.1 Å². The van der Waals surface area contributed by atoms with Gasteiger partial charge in [-0.25, -0.2) is 4.39 Å². The number of carbonyl (C=O) groups is 1. The Morgan fingerprint density at radius 1 is 1.29 bits per heavy atom. The van der Waals surface area contributed by atoms with Crippen molar-refractivity contribution in [2.75, 3.05) is 0 Å². The van der Waals surface area contributed by atoms with E-state index in [0.717, 1.165) is 0 Å². The maximum absolute atomic E-state index is 12.7. The zero-order chi connectivity index (χ0) is 10.9. The number of primary amides is 1. The predicted molar refractivity (Wildman–Crippen MR) is 39.9 cm³/mol. The molecule has 76 valence electrons. The monoisotopic (exact) mass is 207 g/mol. The van der Waals surface area contributed by atoms with E-state index in [1.54, 1.807) is 0 Å². The number of alkyl halides is 3. The van der Waals surface area contributed by atoms with Gasteiger partial charge >= 0.3 is 6.18 Å². The molecular formula is C8H5F4NO. The SMILES string of the molecule is NC(=O)c1cc(C(F)(F)F)ccc1F. The van der Waals surface area contributed by atoms with Crippen LogP contribution in [-0.4, -0.2) is 5.91 Å². The number of benzene rings is 1. The molecule has 0 unspecified atom stereocenters. The molecule has 0 saturated carbocycles. The van der Waals surface area contributed by atoms with Crippen LogP contribution in [0.25, 0.3) is 0 Å². The Labute approximate surface area is 76.3 Å². The molecule has 0 atom stereocenters. The van der Waals surface area contributed by atoms with Crippen molar-refractivity contribution in [3.8, 4) is 0 Å². The minimum atomic E-state index is -4.61. The number of rotatable bonds is 1. The molecule has 6 heteroatoms. The summed E-state index contributed by atoms with van der Waals surface area (Å²) in [6, 6.07) is 1.49. The van der Waals surface area contributed by atoms with Crippen LogP contribution in [0.2, 0.25) is 0 Å². The molecule has 0 heterocycles. The summed E-state index contributed by atoms with van der Waals surface area (Å²) in [6.45, 7) is 0. The molecule has 0 aliphatic rings. The summed E-state index contributed by atoms with van der Waals surface area (Å²) in [4.78, 5) is 10.5. The zero-order valence-electron chi connectivity index (χ0n) is 6.73. The van der Waals surface area contributed by atoms with Crippen LogP contribution in [0.3, 0.4) is 0 Å². The standard InChI is InChI=1S/C8H5F4NO/c9-6-2-1-4(8(10,11)12)3-5(6)7(13)14/h1-3H,(H2,13,14). The maximum Gasteiger partial charge on any atom is 0.416 e.